The summed E-state index contributed by atoms with van der Waals surface area (Å²) in [6, 6.07) is 6.37. The van der Waals surface area contributed by atoms with Crippen molar-refractivity contribution in [3.8, 4) is 0 Å². The smallest absolute Gasteiger partial charge is 0.169 e. The molecule has 1 fully saturated rings. The van der Waals surface area contributed by atoms with Crippen molar-refractivity contribution in [3.05, 3.63) is 40.5 Å². The predicted octanol–water partition coefficient (Wildman–Crippen LogP) is 3.10. The number of hydrogen-bond acceptors (Lipinski definition) is 4. The lowest BCUT2D eigenvalue weighted by molar-refractivity contribution is 0.399. The average Bonchev–Trinajstić information content (AvgIpc) is 3.16. The second-order valence-electron chi connectivity index (χ2n) is 5.29. The fourth-order valence-electron chi connectivity index (χ4n) is 2.82. The number of aromatic nitrogens is 2. The Balaban J connectivity index is 1.69. The largest absolute Gasteiger partial charge is 0.453 e. The third-order valence-corrected chi connectivity index (χ3v) is 4.34. The number of hydrazine groups is 1. The molecule has 1 aliphatic rings. The molecule has 1 aliphatic carbocycles. The minimum atomic E-state index is -0.0618. The Labute approximate surface area is 126 Å². The molecule has 5 nitrogen and oxygen atoms in total. The number of nitrogens with two attached hydrogens (primary N) is 1. The van der Waals surface area contributed by atoms with Crippen molar-refractivity contribution in [2.24, 2.45) is 5.84 Å². The van der Waals surface area contributed by atoms with E-state index in [0.29, 0.717) is 10.7 Å². The van der Waals surface area contributed by atoms with Gasteiger partial charge in [-0.25, -0.2) is 5.43 Å². The average molecular weight is 339 g/mol. The van der Waals surface area contributed by atoms with Crippen LogP contribution >= 0.6 is 15.9 Å². The van der Waals surface area contributed by atoms with Gasteiger partial charge >= 0.3 is 0 Å². The number of nitrogens with one attached hydrogen (secondary N) is 1. The lowest BCUT2D eigenvalue weighted by atomic mass is 10.1. The normalized spacial score (nSPS) is 17.7. The lowest BCUT2D eigenvalue weighted by Crippen LogP contribution is -2.29. The Morgan fingerprint density at radius 3 is 2.85 bits per heavy atom. The molecule has 0 radical (unpaired) electrons. The summed E-state index contributed by atoms with van der Waals surface area (Å²) in [6.07, 6.45) is 7.91. The third kappa shape index (κ3) is 2.97. The number of furan rings is 1. The van der Waals surface area contributed by atoms with Crippen LogP contribution in [0.1, 0.15) is 49.2 Å². The molecule has 2 aromatic rings. The maximum Gasteiger partial charge on any atom is 0.169 e. The Morgan fingerprint density at radius 1 is 1.40 bits per heavy atom. The molecule has 1 saturated carbocycles. The van der Waals surface area contributed by atoms with Crippen molar-refractivity contribution >= 4 is 15.9 Å². The molecule has 0 saturated heterocycles. The molecule has 0 aromatic carbocycles. The number of halogens is 1. The molecular formula is C14H19BrN4O. The Hall–Kier alpha value is -1.11. The van der Waals surface area contributed by atoms with E-state index in [9.17, 15) is 0 Å². The first-order valence-corrected chi connectivity index (χ1v) is 7.81. The fraction of sp³-hybridized carbons (Fsp3) is 0.500. The van der Waals surface area contributed by atoms with Gasteiger partial charge in [0.2, 0.25) is 0 Å². The van der Waals surface area contributed by atoms with Gasteiger partial charge < -0.3 is 4.42 Å². The van der Waals surface area contributed by atoms with E-state index in [2.05, 4.69) is 43.4 Å². The molecule has 20 heavy (non-hydrogen) atoms. The van der Waals surface area contributed by atoms with Crippen LogP contribution in [0.15, 0.2) is 33.5 Å². The molecule has 0 amide bonds. The van der Waals surface area contributed by atoms with Gasteiger partial charge in [0.15, 0.2) is 4.67 Å². The van der Waals surface area contributed by atoms with E-state index in [4.69, 9.17) is 10.3 Å². The molecule has 108 valence electrons. The molecule has 2 heterocycles. The molecule has 1 unspecified atom stereocenters. The van der Waals surface area contributed by atoms with Crippen molar-refractivity contribution in [2.45, 2.75) is 44.2 Å². The van der Waals surface area contributed by atoms with Crippen LogP contribution in [0.25, 0.3) is 0 Å². The standard InChI is InChI=1S/C14H19BrN4O/c15-14-6-5-13(20-14)12(17-16)9-10-7-8-19(18-10)11-3-1-2-4-11/h5-8,11-12,17H,1-4,9,16H2. The first kappa shape index (κ1) is 13.9. The number of nitrogens with zero attached hydrogens (tertiary/aromatic N) is 2. The quantitative estimate of drug-likeness (QED) is 0.649. The highest BCUT2D eigenvalue weighted by molar-refractivity contribution is 9.10. The molecule has 0 spiro atoms. The number of hydrogen-bond donors (Lipinski definition) is 2. The molecule has 3 rings (SSSR count). The summed E-state index contributed by atoms with van der Waals surface area (Å²) in [5.74, 6) is 6.45. The van der Waals surface area contributed by atoms with E-state index in [0.717, 1.165) is 17.9 Å². The first-order chi connectivity index (χ1) is 9.76. The Kier molecular flexibility index (Phi) is 4.24. The van der Waals surface area contributed by atoms with Crippen LogP contribution in [0.2, 0.25) is 0 Å². The van der Waals surface area contributed by atoms with Gasteiger partial charge in [-0.1, -0.05) is 12.8 Å². The summed E-state index contributed by atoms with van der Waals surface area (Å²) < 4.78 is 8.37. The maximum absolute atomic E-state index is 5.63. The van der Waals surface area contributed by atoms with Crippen molar-refractivity contribution in [2.75, 3.05) is 0 Å². The van der Waals surface area contributed by atoms with E-state index in [1.165, 1.54) is 25.7 Å². The second kappa shape index (κ2) is 6.11. The summed E-state index contributed by atoms with van der Waals surface area (Å²) in [5, 5.41) is 4.68. The fourth-order valence-corrected chi connectivity index (χ4v) is 3.14. The van der Waals surface area contributed by atoms with E-state index in [-0.39, 0.29) is 6.04 Å². The molecule has 0 aliphatic heterocycles. The summed E-state index contributed by atoms with van der Waals surface area (Å²) in [6.45, 7) is 0. The second-order valence-corrected chi connectivity index (χ2v) is 6.07. The first-order valence-electron chi connectivity index (χ1n) is 7.01. The van der Waals surface area contributed by atoms with Crippen LogP contribution in [0.4, 0.5) is 0 Å². The van der Waals surface area contributed by atoms with Gasteiger partial charge in [-0.15, -0.1) is 0 Å². The zero-order chi connectivity index (χ0) is 13.9. The van der Waals surface area contributed by atoms with E-state index in [1.807, 2.05) is 12.1 Å². The van der Waals surface area contributed by atoms with Crippen LogP contribution in [-0.2, 0) is 6.42 Å². The monoisotopic (exact) mass is 338 g/mol. The Morgan fingerprint density at radius 2 is 2.20 bits per heavy atom. The molecule has 1 atom stereocenters. The van der Waals surface area contributed by atoms with Gasteiger partial charge in [0.1, 0.15) is 5.76 Å². The van der Waals surface area contributed by atoms with Gasteiger partial charge in [0.25, 0.3) is 0 Å². The van der Waals surface area contributed by atoms with Crippen LogP contribution in [0.5, 0.6) is 0 Å². The van der Waals surface area contributed by atoms with Gasteiger partial charge in [-0.05, 0) is 47.0 Å². The maximum atomic E-state index is 5.63. The highest BCUT2D eigenvalue weighted by atomic mass is 79.9. The molecule has 3 N–H and O–H groups in total. The minimum Gasteiger partial charge on any atom is -0.453 e. The summed E-state index contributed by atoms with van der Waals surface area (Å²) in [4.78, 5) is 0. The van der Waals surface area contributed by atoms with E-state index < -0.39 is 0 Å². The third-order valence-electron chi connectivity index (χ3n) is 3.91. The van der Waals surface area contributed by atoms with Crippen molar-refractivity contribution in [1.29, 1.82) is 0 Å². The zero-order valence-electron chi connectivity index (χ0n) is 11.3. The van der Waals surface area contributed by atoms with Gasteiger partial charge in [0.05, 0.1) is 17.8 Å². The van der Waals surface area contributed by atoms with Crippen LogP contribution in [0, 0.1) is 0 Å². The van der Waals surface area contributed by atoms with E-state index >= 15 is 0 Å². The highest BCUT2D eigenvalue weighted by Crippen LogP contribution is 2.29. The van der Waals surface area contributed by atoms with Gasteiger partial charge in [-0.2, -0.15) is 5.10 Å². The Bertz CT molecular complexity index is 559. The molecular weight excluding hydrogens is 320 g/mol. The highest BCUT2D eigenvalue weighted by Gasteiger charge is 2.20. The predicted molar refractivity (Wildman–Crippen MR) is 79.9 cm³/mol. The zero-order valence-corrected chi connectivity index (χ0v) is 12.8. The van der Waals surface area contributed by atoms with Gasteiger partial charge in [0, 0.05) is 12.6 Å². The molecule has 0 bridgehead atoms. The number of rotatable bonds is 5. The SMILES string of the molecule is NNC(Cc1ccn(C2CCCC2)n1)c1ccc(Br)o1. The lowest BCUT2D eigenvalue weighted by Gasteiger charge is -2.12. The molecule has 6 heteroatoms. The van der Waals surface area contributed by atoms with Crippen molar-refractivity contribution in [3.63, 3.8) is 0 Å². The van der Waals surface area contributed by atoms with Crippen LogP contribution in [-0.4, -0.2) is 9.78 Å². The van der Waals surface area contributed by atoms with E-state index in [1.54, 1.807) is 0 Å². The minimum absolute atomic E-state index is 0.0618. The van der Waals surface area contributed by atoms with Gasteiger partial charge in [-0.3, -0.25) is 10.5 Å². The summed E-state index contributed by atoms with van der Waals surface area (Å²) >= 11 is 3.31. The summed E-state index contributed by atoms with van der Waals surface area (Å²) in [5.41, 5.74) is 3.83. The van der Waals surface area contributed by atoms with Crippen molar-refractivity contribution in [1.82, 2.24) is 15.2 Å². The molecule has 2 aromatic heterocycles. The van der Waals surface area contributed by atoms with Crippen LogP contribution in [0.3, 0.4) is 0 Å². The van der Waals surface area contributed by atoms with Crippen LogP contribution < -0.4 is 11.3 Å². The van der Waals surface area contributed by atoms with Crippen molar-refractivity contribution < 1.29 is 4.42 Å². The summed E-state index contributed by atoms with van der Waals surface area (Å²) in [7, 11) is 0. The topological polar surface area (TPSA) is 69.0 Å².